The van der Waals surface area contributed by atoms with E-state index in [1.165, 1.54) is 0 Å². The van der Waals surface area contributed by atoms with Crippen molar-refractivity contribution in [1.29, 1.82) is 0 Å². The van der Waals surface area contributed by atoms with E-state index in [4.69, 9.17) is 0 Å². The van der Waals surface area contributed by atoms with Gasteiger partial charge in [-0.05, 0) is 37.1 Å². The number of rotatable bonds is 1. The fourth-order valence-electron chi connectivity index (χ4n) is 4.20. The summed E-state index contributed by atoms with van der Waals surface area (Å²) < 4.78 is 15.9. The maximum absolute atomic E-state index is 15.0. The number of fused-ring (bicyclic) bond motifs is 1. The first kappa shape index (κ1) is 17.4. The smallest absolute Gasteiger partial charge is 0.196 e. The van der Waals surface area contributed by atoms with Crippen molar-refractivity contribution in [3.63, 3.8) is 0 Å². The van der Waals surface area contributed by atoms with Crippen LogP contribution in [-0.2, 0) is 10.2 Å². The second-order valence-electron chi connectivity index (χ2n) is 7.91. The van der Waals surface area contributed by atoms with E-state index in [2.05, 4.69) is 26.2 Å². The highest BCUT2D eigenvalue weighted by Gasteiger charge is 2.52. The number of pyridine rings is 1. The third-order valence-corrected chi connectivity index (χ3v) is 6.11. The molecule has 4 rings (SSSR count). The Kier molecular flexibility index (Phi) is 3.85. The third-order valence-electron chi connectivity index (χ3n) is 5.61. The van der Waals surface area contributed by atoms with Gasteiger partial charge in [-0.15, -0.1) is 0 Å². The minimum atomic E-state index is -1.52. The number of hydrogen-bond donors (Lipinski definition) is 1. The fraction of sp³-hybridized carbons (Fsp3) is 0.333. The standard InChI is InChI=1S/C21H20BrFN2O/c1-20(2)11-15-16(17(26)18(20)23)21(3,12-6-4-7-13(22)10-12)14-8-5-9-24-19(14)25-15/h4-10,18H,11H2,1-3H3,(H,24,25). The number of alkyl halides is 1. The number of anilines is 1. The Balaban J connectivity index is 2.03. The summed E-state index contributed by atoms with van der Waals surface area (Å²) in [6.07, 6.45) is 0.675. The van der Waals surface area contributed by atoms with E-state index in [9.17, 15) is 4.79 Å². The number of nitrogens with one attached hydrogen (secondary N) is 1. The SMILES string of the molecule is CC1(c2cccc(Br)c2)C2=C(CC(C)(C)C(F)C2=O)Nc2ncccc21. The first-order valence-electron chi connectivity index (χ1n) is 8.65. The second-order valence-corrected chi connectivity index (χ2v) is 8.82. The summed E-state index contributed by atoms with van der Waals surface area (Å²) in [4.78, 5) is 17.6. The molecule has 0 fully saturated rings. The molecule has 5 heteroatoms. The number of allylic oxidation sites excluding steroid dienone is 2. The number of aromatic nitrogens is 1. The van der Waals surface area contributed by atoms with Crippen LogP contribution in [0.1, 0.15) is 38.3 Å². The Hall–Kier alpha value is -2.01. The van der Waals surface area contributed by atoms with Crippen molar-refractivity contribution in [2.75, 3.05) is 5.32 Å². The monoisotopic (exact) mass is 414 g/mol. The number of nitrogens with zero attached hydrogens (tertiary/aromatic N) is 1. The Labute approximate surface area is 160 Å². The van der Waals surface area contributed by atoms with E-state index in [1.54, 1.807) is 20.0 Å². The molecule has 0 amide bonds. The lowest BCUT2D eigenvalue weighted by atomic mass is 9.61. The molecule has 0 spiro atoms. The van der Waals surface area contributed by atoms with Gasteiger partial charge in [0.15, 0.2) is 12.0 Å². The van der Waals surface area contributed by atoms with E-state index in [-0.39, 0.29) is 0 Å². The fourth-order valence-corrected chi connectivity index (χ4v) is 4.60. The Morgan fingerprint density at radius 1 is 1.23 bits per heavy atom. The average Bonchev–Trinajstić information content (AvgIpc) is 2.59. The van der Waals surface area contributed by atoms with Crippen molar-refractivity contribution >= 4 is 27.5 Å². The molecule has 0 bridgehead atoms. The van der Waals surface area contributed by atoms with Gasteiger partial charge in [0.05, 0.1) is 5.41 Å². The molecule has 1 N–H and O–H groups in total. The minimum Gasteiger partial charge on any atom is -0.343 e. The van der Waals surface area contributed by atoms with Crippen LogP contribution in [0, 0.1) is 5.41 Å². The van der Waals surface area contributed by atoms with E-state index in [0.29, 0.717) is 12.0 Å². The predicted octanol–water partition coefficient (Wildman–Crippen LogP) is 5.17. The van der Waals surface area contributed by atoms with Crippen LogP contribution in [0.4, 0.5) is 10.2 Å². The van der Waals surface area contributed by atoms with E-state index in [0.717, 1.165) is 27.1 Å². The van der Waals surface area contributed by atoms with Crippen LogP contribution in [0.5, 0.6) is 0 Å². The number of hydrogen-bond acceptors (Lipinski definition) is 3. The topological polar surface area (TPSA) is 42.0 Å². The third kappa shape index (κ3) is 2.37. The summed E-state index contributed by atoms with van der Waals surface area (Å²) in [7, 11) is 0. The maximum atomic E-state index is 15.0. The molecular weight excluding hydrogens is 395 g/mol. The lowest BCUT2D eigenvalue weighted by Gasteiger charge is -2.45. The summed E-state index contributed by atoms with van der Waals surface area (Å²) in [5.74, 6) is 0.301. The van der Waals surface area contributed by atoms with Crippen molar-refractivity contribution in [1.82, 2.24) is 4.98 Å². The molecule has 2 atom stereocenters. The van der Waals surface area contributed by atoms with Gasteiger partial charge in [0.1, 0.15) is 5.82 Å². The van der Waals surface area contributed by atoms with Crippen molar-refractivity contribution in [2.24, 2.45) is 5.41 Å². The maximum Gasteiger partial charge on any atom is 0.196 e. The van der Waals surface area contributed by atoms with Gasteiger partial charge in [0.2, 0.25) is 0 Å². The number of halogens is 2. The zero-order chi connectivity index (χ0) is 18.7. The summed E-state index contributed by atoms with van der Waals surface area (Å²) in [6.45, 7) is 5.59. The van der Waals surface area contributed by atoms with Gasteiger partial charge in [0.25, 0.3) is 0 Å². The highest BCUT2D eigenvalue weighted by atomic mass is 79.9. The van der Waals surface area contributed by atoms with Crippen LogP contribution < -0.4 is 5.32 Å². The highest BCUT2D eigenvalue weighted by molar-refractivity contribution is 9.10. The lowest BCUT2D eigenvalue weighted by Crippen LogP contribution is -2.48. The molecular formula is C21H20BrFN2O. The molecule has 1 aromatic carbocycles. The first-order chi connectivity index (χ1) is 12.2. The zero-order valence-corrected chi connectivity index (χ0v) is 16.5. The van der Waals surface area contributed by atoms with Gasteiger partial charge in [-0.25, -0.2) is 9.37 Å². The minimum absolute atomic E-state index is 0.430. The molecule has 0 saturated heterocycles. The van der Waals surface area contributed by atoms with Gasteiger partial charge in [-0.2, -0.15) is 0 Å². The zero-order valence-electron chi connectivity index (χ0n) is 14.9. The normalized spacial score (nSPS) is 26.8. The summed E-state index contributed by atoms with van der Waals surface area (Å²) in [5.41, 5.74) is 1.62. The largest absolute Gasteiger partial charge is 0.343 e. The molecule has 0 saturated carbocycles. The lowest BCUT2D eigenvalue weighted by molar-refractivity contribution is -0.125. The average molecular weight is 415 g/mol. The number of ketones is 1. The molecule has 26 heavy (non-hydrogen) atoms. The molecule has 2 aliphatic rings. The van der Waals surface area contributed by atoms with Gasteiger partial charge in [-0.1, -0.05) is 48.0 Å². The van der Waals surface area contributed by atoms with Crippen LogP contribution in [-0.4, -0.2) is 16.9 Å². The number of carbonyl (C=O) groups is 1. The van der Waals surface area contributed by atoms with Crippen molar-refractivity contribution < 1.29 is 9.18 Å². The molecule has 1 aliphatic heterocycles. The molecule has 1 aromatic heterocycles. The van der Waals surface area contributed by atoms with Gasteiger partial charge in [0, 0.05) is 32.9 Å². The quantitative estimate of drug-likeness (QED) is 0.699. The Morgan fingerprint density at radius 2 is 2.00 bits per heavy atom. The van der Waals surface area contributed by atoms with Crippen LogP contribution in [0.2, 0.25) is 0 Å². The van der Waals surface area contributed by atoms with Gasteiger partial charge < -0.3 is 5.32 Å². The predicted molar refractivity (Wildman–Crippen MR) is 104 cm³/mol. The number of benzene rings is 1. The number of carbonyl (C=O) groups excluding carboxylic acids is 1. The van der Waals surface area contributed by atoms with Gasteiger partial charge >= 0.3 is 0 Å². The summed E-state index contributed by atoms with van der Waals surface area (Å²) in [6, 6.07) is 11.7. The molecule has 1 aliphatic carbocycles. The van der Waals surface area contributed by atoms with Crippen molar-refractivity contribution in [3.05, 3.63) is 69.5 Å². The molecule has 0 radical (unpaired) electrons. The summed E-state index contributed by atoms with van der Waals surface area (Å²) >= 11 is 3.52. The molecule has 3 nitrogen and oxygen atoms in total. The van der Waals surface area contributed by atoms with Crippen molar-refractivity contribution in [3.8, 4) is 0 Å². The van der Waals surface area contributed by atoms with Gasteiger partial charge in [-0.3, -0.25) is 4.79 Å². The van der Waals surface area contributed by atoms with Crippen LogP contribution in [0.3, 0.4) is 0 Å². The molecule has 2 unspecified atom stereocenters. The van der Waals surface area contributed by atoms with E-state index < -0.39 is 22.8 Å². The summed E-state index contributed by atoms with van der Waals surface area (Å²) in [5, 5.41) is 3.31. The second kappa shape index (κ2) is 5.74. The van der Waals surface area contributed by atoms with Crippen LogP contribution in [0.25, 0.3) is 0 Å². The highest BCUT2D eigenvalue weighted by Crippen LogP contribution is 2.52. The number of Topliss-reactive ketones (excluding diaryl/α,β-unsaturated/α-hetero) is 1. The Morgan fingerprint density at radius 3 is 2.73 bits per heavy atom. The van der Waals surface area contributed by atoms with E-state index >= 15 is 4.39 Å². The first-order valence-corrected chi connectivity index (χ1v) is 9.45. The molecule has 2 aromatic rings. The molecule has 2 heterocycles. The van der Waals surface area contributed by atoms with Crippen molar-refractivity contribution in [2.45, 2.75) is 38.8 Å². The van der Waals surface area contributed by atoms with Crippen LogP contribution >= 0.6 is 15.9 Å². The molecule has 134 valence electrons. The van der Waals surface area contributed by atoms with E-state index in [1.807, 2.05) is 43.3 Å². The van der Waals surface area contributed by atoms with Crippen LogP contribution in [0.15, 0.2) is 58.3 Å². The Bertz CT molecular complexity index is 953.